The van der Waals surface area contributed by atoms with Crippen LogP contribution in [0, 0.1) is 0 Å². The van der Waals surface area contributed by atoms with Gasteiger partial charge in [-0.15, -0.1) is 22.7 Å². The molecule has 1 unspecified atom stereocenters. The number of hydrogen-bond donors (Lipinski definition) is 2. The van der Waals surface area contributed by atoms with Crippen LogP contribution in [0.3, 0.4) is 0 Å². The summed E-state index contributed by atoms with van der Waals surface area (Å²) >= 11 is 3.46. The molecule has 2 N–H and O–H groups in total. The van der Waals surface area contributed by atoms with E-state index in [9.17, 15) is 0 Å². The first kappa shape index (κ1) is 13.7. The summed E-state index contributed by atoms with van der Waals surface area (Å²) < 4.78 is 0. The SMILES string of the molecule is CCC(CCO)NCc1cnc(-c2cccs2)s1. The van der Waals surface area contributed by atoms with E-state index in [0.717, 1.165) is 24.4 Å². The molecule has 0 aliphatic carbocycles. The molecule has 18 heavy (non-hydrogen) atoms. The van der Waals surface area contributed by atoms with Crippen LogP contribution in [0.15, 0.2) is 23.7 Å². The van der Waals surface area contributed by atoms with Crippen molar-refractivity contribution in [3.63, 3.8) is 0 Å². The van der Waals surface area contributed by atoms with Crippen LogP contribution in [0.25, 0.3) is 9.88 Å². The Bertz CT molecular complexity index is 453. The third kappa shape index (κ3) is 3.62. The summed E-state index contributed by atoms with van der Waals surface area (Å²) in [6, 6.07) is 4.54. The second kappa shape index (κ2) is 6.99. The maximum absolute atomic E-state index is 8.95. The molecule has 5 heteroatoms. The van der Waals surface area contributed by atoms with Gasteiger partial charge in [0.1, 0.15) is 5.01 Å². The second-order valence-corrected chi connectivity index (χ2v) is 6.17. The summed E-state index contributed by atoms with van der Waals surface area (Å²) in [4.78, 5) is 6.92. The average molecular weight is 282 g/mol. The zero-order valence-corrected chi connectivity index (χ0v) is 12.1. The first-order valence-corrected chi connectivity index (χ1v) is 7.86. The van der Waals surface area contributed by atoms with Crippen molar-refractivity contribution in [3.05, 3.63) is 28.6 Å². The van der Waals surface area contributed by atoms with Gasteiger partial charge in [-0.3, -0.25) is 0 Å². The van der Waals surface area contributed by atoms with Gasteiger partial charge in [-0.25, -0.2) is 4.98 Å². The Morgan fingerprint density at radius 1 is 1.50 bits per heavy atom. The fraction of sp³-hybridized carbons (Fsp3) is 0.462. The van der Waals surface area contributed by atoms with Crippen molar-refractivity contribution in [3.8, 4) is 9.88 Å². The smallest absolute Gasteiger partial charge is 0.133 e. The van der Waals surface area contributed by atoms with Gasteiger partial charge in [0.05, 0.1) is 4.88 Å². The standard InChI is InChI=1S/C13H18N2OS2/c1-2-10(5-6-16)14-8-11-9-15-13(18-11)12-4-3-7-17-12/h3-4,7,9-10,14,16H,2,5-6,8H2,1H3. The second-order valence-electron chi connectivity index (χ2n) is 4.11. The highest BCUT2D eigenvalue weighted by molar-refractivity contribution is 7.20. The van der Waals surface area contributed by atoms with Crippen molar-refractivity contribution in [2.45, 2.75) is 32.4 Å². The molecule has 0 aliphatic heterocycles. The first-order valence-electron chi connectivity index (χ1n) is 6.16. The third-order valence-electron chi connectivity index (χ3n) is 2.82. The van der Waals surface area contributed by atoms with Gasteiger partial charge in [-0.05, 0) is 24.3 Å². The summed E-state index contributed by atoms with van der Waals surface area (Å²) in [5, 5.41) is 15.6. The topological polar surface area (TPSA) is 45.1 Å². The normalized spacial score (nSPS) is 12.8. The molecule has 0 aliphatic rings. The van der Waals surface area contributed by atoms with Gasteiger partial charge >= 0.3 is 0 Å². The number of aromatic nitrogens is 1. The van der Waals surface area contributed by atoms with Crippen molar-refractivity contribution < 1.29 is 5.11 Å². The molecule has 0 fully saturated rings. The average Bonchev–Trinajstić information content (AvgIpc) is 3.04. The summed E-state index contributed by atoms with van der Waals surface area (Å²) in [5.41, 5.74) is 0. The molecule has 2 aromatic rings. The van der Waals surface area contributed by atoms with Gasteiger partial charge in [-0.1, -0.05) is 13.0 Å². The molecule has 3 nitrogen and oxygen atoms in total. The van der Waals surface area contributed by atoms with Crippen molar-refractivity contribution in [1.82, 2.24) is 10.3 Å². The van der Waals surface area contributed by atoms with E-state index in [-0.39, 0.29) is 6.61 Å². The highest BCUT2D eigenvalue weighted by Crippen LogP contribution is 2.28. The van der Waals surface area contributed by atoms with Crippen molar-refractivity contribution >= 4 is 22.7 Å². The van der Waals surface area contributed by atoms with Gasteiger partial charge < -0.3 is 10.4 Å². The van der Waals surface area contributed by atoms with Gasteiger partial charge in [0.25, 0.3) is 0 Å². The molecule has 98 valence electrons. The number of rotatable bonds is 7. The summed E-state index contributed by atoms with van der Waals surface area (Å²) in [7, 11) is 0. The van der Waals surface area contributed by atoms with Crippen LogP contribution in [-0.4, -0.2) is 22.7 Å². The molecule has 0 amide bonds. The number of thiazole rings is 1. The monoisotopic (exact) mass is 282 g/mol. The van der Waals surface area contributed by atoms with Crippen LogP contribution in [0.4, 0.5) is 0 Å². The van der Waals surface area contributed by atoms with E-state index in [1.807, 2.05) is 12.3 Å². The molecule has 0 aromatic carbocycles. The van der Waals surface area contributed by atoms with Gasteiger partial charge in [0.15, 0.2) is 0 Å². The molecule has 0 spiro atoms. The van der Waals surface area contributed by atoms with Crippen LogP contribution < -0.4 is 5.32 Å². The van der Waals surface area contributed by atoms with E-state index in [1.165, 1.54) is 9.75 Å². The predicted octanol–water partition coefficient (Wildman–Crippen LogP) is 3.12. The van der Waals surface area contributed by atoms with E-state index in [2.05, 4.69) is 28.7 Å². The van der Waals surface area contributed by atoms with Gasteiger partial charge in [-0.2, -0.15) is 0 Å². The van der Waals surface area contributed by atoms with E-state index in [4.69, 9.17) is 5.11 Å². The van der Waals surface area contributed by atoms with Gasteiger partial charge in [0.2, 0.25) is 0 Å². The molecule has 0 saturated carbocycles. The largest absolute Gasteiger partial charge is 0.396 e. The first-order chi connectivity index (χ1) is 8.83. The molecule has 2 rings (SSSR count). The lowest BCUT2D eigenvalue weighted by atomic mass is 10.1. The number of aliphatic hydroxyl groups is 1. The molecular formula is C13H18N2OS2. The zero-order valence-electron chi connectivity index (χ0n) is 10.4. The van der Waals surface area contributed by atoms with E-state index in [1.54, 1.807) is 22.7 Å². The molecular weight excluding hydrogens is 264 g/mol. The molecule has 0 bridgehead atoms. The summed E-state index contributed by atoms with van der Waals surface area (Å²) in [6.45, 7) is 3.22. The lowest BCUT2D eigenvalue weighted by Crippen LogP contribution is -2.28. The molecule has 0 saturated heterocycles. The Balaban J connectivity index is 1.91. The molecule has 0 radical (unpaired) electrons. The predicted molar refractivity (Wildman–Crippen MR) is 78.0 cm³/mol. The fourth-order valence-corrected chi connectivity index (χ4v) is 3.42. The Morgan fingerprint density at radius 2 is 2.39 bits per heavy atom. The number of nitrogens with zero attached hydrogens (tertiary/aromatic N) is 1. The maximum Gasteiger partial charge on any atom is 0.133 e. The van der Waals surface area contributed by atoms with Crippen LogP contribution in [0.5, 0.6) is 0 Å². The summed E-state index contributed by atoms with van der Waals surface area (Å²) in [5.74, 6) is 0. The maximum atomic E-state index is 8.95. The fourth-order valence-electron chi connectivity index (χ4n) is 1.75. The Hall–Kier alpha value is -0.750. The van der Waals surface area contributed by atoms with Gasteiger partial charge in [0, 0.05) is 30.3 Å². The highest BCUT2D eigenvalue weighted by atomic mass is 32.1. The van der Waals surface area contributed by atoms with Crippen molar-refractivity contribution in [1.29, 1.82) is 0 Å². The lowest BCUT2D eigenvalue weighted by molar-refractivity contribution is 0.262. The third-order valence-corrected chi connectivity index (χ3v) is 4.86. The van der Waals surface area contributed by atoms with E-state index >= 15 is 0 Å². The minimum absolute atomic E-state index is 0.245. The minimum Gasteiger partial charge on any atom is -0.396 e. The minimum atomic E-state index is 0.245. The molecule has 2 heterocycles. The van der Waals surface area contributed by atoms with E-state index < -0.39 is 0 Å². The number of aliphatic hydroxyl groups excluding tert-OH is 1. The lowest BCUT2D eigenvalue weighted by Gasteiger charge is -2.14. The van der Waals surface area contributed by atoms with Crippen molar-refractivity contribution in [2.75, 3.05) is 6.61 Å². The number of thiophene rings is 1. The summed E-state index contributed by atoms with van der Waals surface area (Å²) in [6.07, 6.45) is 3.79. The van der Waals surface area contributed by atoms with E-state index in [0.29, 0.717) is 6.04 Å². The molecule has 2 aromatic heterocycles. The van der Waals surface area contributed by atoms with Crippen LogP contribution in [-0.2, 0) is 6.54 Å². The van der Waals surface area contributed by atoms with Crippen molar-refractivity contribution in [2.24, 2.45) is 0 Å². The Morgan fingerprint density at radius 3 is 3.06 bits per heavy atom. The Labute approximate surface area is 116 Å². The number of nitrogens with one attached hydrogen (secondary N) is 1. The Kier molecular flexibility index (Phi) is 5.31. The van der Waals surface area contributed by atoms with Crippen LogP contribution in [0.1, 0.15) is 24.6 Å². The number of hydrogen-bond acceptors (Lipinski definition) is 5. The van der Waals surface area contributed by atoms with Crippen LogP contribution in [0.2, 0.25) is 0 Å². The highest BCUT2D eigenvalue weighted by Gasteiger charge is 2.08. The quantitative estimate of drug-likeness (QED) is 0.820. The zero-order chi connectivity index (χ0) is 12.8. The van der Waals surface area contributed by atoms with Crippen LogP contribution >= 0.6 is 22.7 Å². The molecule has 1 atom stereocenters.